The molecule has 0 aliphatic rings. The quantitative estimate of drug-likeness (QED) is 0.817. The van der Waals surface area contributed by atoms with Crippen molar-refractivity contribution in [1.29, 1.82) is 0 Å². The zero-order chi connectivity index (χ0) is 13.0. The molecule has 3 heteroatoms. The first-order valence-electron chi connectivity index (χ1n) is 5.63. The summed E-state index contributed by atoms with van der Waals surface area (Å²) in [6.07, 6.45) is -0.0633. The van der Waals surface area contributed by atoms with Crippen molar-refractivity contribution in [3.63, 3.8) is 0 Å². The number of para-hydroxylation sites is 1. The first kappa shape index (κ1) is 12.2. The topological polar surface area (TPSA) is 49.4 Å². The second-order valence-electron chi connectivity index (χ2n) is 3.95. The molecule has 0 aromatic heterocycles. The summed E-state index contributed by atoms with van der Waals surface area (Å²) in [7, 11) is 1.63. The third-order valence-corrected chi connectivity index (χ3v) is 2.72. The number of carbonyl (C=O) groups excluding carboxylic acids is 1. The molecule has 18 heavy (non-hydrogen) atoms. The van der Waals surface area contributed by atoms with Crippen molar-refractivity contribution in [2.45, 2.75) is 6.42 Å². The van der Waals surface area contributed by atoms with Gasteiger partial charge in [0.05, 0.1) is 7.11 Å². The van der Waals surface area contributed by atoms with E-state index in [-0.39, 0.29) is 6.42 Å². The Morgan fingerprint density at radius 3 is 2.39 bits per heavy atom. The van der Waals surface area contributed by atoms with E-state index in [0.717, 1.165) is 22.4 Å². The molecule has 2 aromatic carbocycles. The van der Waals surface area contributed by atoms with Gasteiger partial charge in [0.25, 0.3) is 0 Å². The maximum Gasteiger partial charge on any atom is 0.126 e. The summed E-state index contributed by atoms with van der Waals surface area (Å²) in [5, 5.41) is 10.5. The molecule has 0 heterocycles. The lowest BCUT2D eigenvalue weighted by Crippen LogP contribution is -2.24. The molecule has 2 aromatic rings. The number of benzene rings is 2. The average molecular weight is 241 g/mol. The number of carboxylic acids is 1. The summed E-state index contributed by atoms with van der Waals surface area (Å²) in [6, 6.07) is 15.1. The zero-order valence-electron chi connectivity index (χ0n) is 10.1. The van der Waals surface area contributed by atoms with E-state index >= 15 is 0 Å². The van der Waals surface area contributed by atoms with Crippen molar-refractivity contribution in [2.24, 2.45) is 0 Å². The van der Waals surface area contributed by atoms with Crippen LogP contribution in [0.15, 0.2) is 48.5 Å². The highest BCUT2D eigenvalue weighted by molar-refractivity contribution is 5.72. The summed E-state index contributed by atoms with van der Waals surface area (Å²) < 4.78 is 5.29. The molecule has 92 valence electrons. The van der Waals surface area contributed by atoms with E-state index in [1.54, 1.807) is 19.2 Å². The zero-order valence-corrected chi connectivity index (χ0v) is 10.1. The highest BCUT2D eigenvalue weighted by Gasteiger charge is 2.04. The van der Waals surface area contributed by atoms with Crippen molar-refractivity contribution in [3.8, 4) is 16.9 Å². The lowest BCUT2D eigenvalue weighted by atomic mass is 10.0. The van der Waals surface area contributed by atoms with Crippen LogP contribution in [-0.2, 0) is 11.2 Å². The van der Waals surface area contributed by atoms with Gasteiger partial charge < -0.3 is 14.6 Å². The predicted octanol–water partition coefficient (Wildman–Crippen LogP) is 1.65. The molecule has 0 aliphatic carbocycles. The summed E-state index contributed by atoms with van der Waals surface area (Å²) in [5.41, 5.74) is 2.71. The Morgan fingerprint density at radius 2 is 1.78 bits per heavy atom. The fourth-order valence-corrected chi connectivity index (χ4v) is 1.85. The molecular weight excluding hydrogens is 228 g/mol. The van der Waals surface area contributed by atoms with Gasteiger partial charge >= 0.3 is 0 Å². The van der Waals surface area contributed by atoms with Gasteiger partial charge in [-0.05, 0) is 17.2 Å². The van der Waals surface area contributed by atoms with Gasteiger partial charge in [-0.3, -0.25) is 0 Å². The van der Waals surface area contributed by atoms with Crippen LogP contribution in [0, 0.1) is 0 Å². The molecule has 0 amide bonds. The number of hydrogen-bond acceptors (Lipinski definition) is 3. The van der Waals surface area contributed by atoms with Gasteiger partial charge in [-0.15, -0.1) is 0 Å². The fourth-order valence-electron chi connectivity index (χ4n) is 1.85. The van der Waals surface area contributed by atoms with E-state index in [2.05, 4.69) is 0 Å². The number of carboxylic acid groups (broad SMARTS) is 1. The van der Waals surface area contributed by atoms with E-state index in [0.29, 0.717) is 0 Å². The van der Waals surface area contributed by atoms with E-state index < -0.39 is 5.97 Å². The van der Waals surface area contributed by atoms with Gasteiger partial charge in [0.2, 0.25) is 0 Å². The molecule has 0 radical (unpaired) electrons. The predicted molar refractivity (Wildman–Crippen MR) is 67.1 cm³/mol. The van der Waals surface area contributed by atoms with Crippen LogP contribution in [0.25, 0.3) is 11.1 Å². The van der Waals surface area contributed by atoms with Crippen molar-refractivity contribution in [2.75, 3.05) is 7.11 Å². The van der Waals surface area contributed by atoms with Crippen molar-refractivity contribution in [3.05, 3.63) is 54.1 Å². The number of rotatable bonds is 4. The van der Waals surface area contributed by atoms with E-state index in [4.69, 9.17) is 4.74 Å². The first-order valence-corrected chi connectivity index (χ1v) is 5.63. The number of aliphatic carboxylic acids is 1. The first-order chi connectivity index (χ1) is 8.70. The standard InChI is InChI=1S/C15H14O3/c1-18-14-5-3-2-4-13(14)12-8-6-11(7-9-12)10-15(16)17/h2-9H,10H2,1H3,(H,16,17)/p-1. The molecule has 0 fully saturated rings. The maximum absolute atomic E-state index is 10.5. The highest BCUT2D eigenvalue weighted by atomic mass is 16.5. The summed E-state index contributed by atoms with van der Waals surface area (Å²) in [6.45, 7) is 0. The third kappa shape index (κ3) is 2.69. The van der Waals surface area contributed by atoms with Crippen LogP contribution >= 0.6 is 0 Å². The van der Waals surface area contributed by atoms with Crippen LogP contribution in [0.5, 0.6) is 5.75 Å². The smallest absolute Gasteiger partial charge is 0.126 e. The van der Waals surface area contributed by atoms with E-state index in [1.807, 2.05) is 36.4 Å². The second-order valence-corrected chi connectivity index (χ2v) is 3.95. The lowest BCUT2D eigenvalue weighted by Gasteiger charge is -2.09. The van der Waals surface area contributed by atoms with Crippen LogP contribution in [-0.4, -0.2) is 13.1 Å². The van der Waals surface area contributed by atoms with Crippen LogP contribution in [0.4, 0.5) is 0 Å². The van der Waals surface area contributed by atoms with Gasteiger partial charge in [-0.2, -0.15) is 0 Å². The molecule has 0 bridgehead atoms. The van der Waals surface area contributed by atoms with Gasteiger partial charge in [0.15, 0.2) is 0 Å². The van der Waals surface area contributed by atoms with Crippen molar-refractivity contribution in [1.82, 2.24) is 0 Å². The highest BCUT2D eigenvalue weighted by Crippen LogP contribution is 2.29. The third-order valence-electron chi connectivity index (χ3n) is 2.72. The maximum atomic E-state index is 10.5. The molecular formula is C15H13O3-. The van der Waals surface area contributed by atoms with Crippen LogP contribution in [0.2, 0.25) is 0 Å². The number of ether oxygens (including phenoxy) is 1. The number of hydrogen-bond donors (Lipinski definition) is 0. The SMILES string of the molecule is COc1ccccc1-c1ccc(CC(=O)[O-])cc1. The molecule has 0 saturated carbocycles. The Kier molecular flexibility index (Phi) is 3.63. The van der Waals surface area contributed by atoms with Crippen LogP contribution in [0.1, 0.15) is 5.56 Å². The van der Waals surface area contributed by atoms with E-state index in [9.17, 15) is 9.90 Å². The Hall–Kier alpha value is -2.29. The summed E-state index contributed by atoms with van der Waals surface area (Å²) in [4.78, 5) is 10.5. The Labute approximate surface area is 106 Å². The molecule has 0 unspecified atom stereocenters. The molecule has 0 aliphatic heterocycles. The Balaban J connectivity index is 2.31. The normalized spacial score (nSPS) is 10.1. The minimum atomic E-state index is -1.07. The number of methoxy groups -OCH3 is 1. The monoisotopic (exact) mass is 241 g/mol. The molecule has 0 saturated heterocycles. The van der Waals surface area contributed by atoms with Crippen molar-refractivity contribution < 1.29 is 14.6 Å². The van der Waals surface area contributed by atoms with Crippen LogP contribution in [0.3, 0.4) is 0 Å². The van der Waals surface area contributed by atoms with Gasteiger partial charge in [-0.25, -0.2) is 0 Å². The minimum absolute atomic E-state index is 0.0633. The molecule has 3 nitrogen and oxygen atoms in total. The fraction of sp³-hybridized carbons (Fsp3) is 0.133. The summed E-state index contributed by atoms with van der Waals surface area (Å²) in [5.74, 6) is -0.273. The lowest BCUT2D eigenvalue weighted by molar-refractivity contribution is -0.304. The second kappa shape index (κ2) is 5.36. The average Bonchev–Trinajstić information content (AvgIpc) is 2.39. The minimum Gasteiger partial charge on any atom is -0.550 e. The molecule has 0 spiro atoms. The largest absolute Gasteiger partial charge is 0.550 e. The Bertz CT molecular complexity index is 544. The number of carbonyl (C=O) groups is 1. The van der Waals surface area contributed by atoms with Gasteiger partial charge in [0.1, 0.15) is 5.75 Å². The Morgan fingerprint density at radius 1 is 1.11 bits per heavy atom. The van der Waals surface area contributed by atoms with E-state index in [1.165, 1.54) is 0 Å². The van der Waals surface area contributed by atoms with Crippen LogP contribution < -0.4 is 9.84 Å². The van der Waals surface area contributed by atoms with Crippen molar-refractivity contribution >= 4 is 5.97 Å². The van der Waals surface area contributed by atoms with Gasteiger partial charge in [-0.1, -0.05) is 42.5 Å². The molecule has 0 N–H and O–H groups in total. The van der Waals surface area contributed by atoms with Gasteiger partial charge in [0, 0.05) is 18.0 Å². The molecule has 2 rings (SSSR count). The molecule has 0 atom stereocenters. The summed E-state index contributed by atoms with van der Waals surface area (Å²) >= 11 is 0.